The number of ketones is 1. The van der Waals surface area contributed by atoms with Crippen LogP contribution in [0.5, 0.6) is 11.5 Å². The van der Waals surface area contributed by atoms with E-state index < -0.39 is 72.2 Å². The van der Waals surface area contributed by atoms with Crippen molar-refractivity contribution in [2.75, 3.05) is 13.0 Å². The Kier molecular flexibility index (Phi) is 4.39. The lowest BCUT2D eigenvalue weighted by atomic mass is 9.49. The number of carboxylic acid groups (broad SMARTS) is 1. The van der Waals surface area contributed by atoms with Crippen LogP contribution in [0, 0.1) is 5.89 Å². The van der Waals surface area contributed by atoms with Crippen molar-refractivity contribution in [2.24, 2.45) is 5.89 Å². The molecule has 11 nitrogen and oxygen atoms in total. The number of likely N-dealkylation sites (tertiary alicyclic amines) is 1. The Morgan fingerprint density at radius 2 is 2.00 bits per heavy atom. The summed E-state index contributed by atoms with van der Waals surface area (Å²) >= 11 is 0. The highest BCUT2D eigenvalue weighted by atomic mass is 16.7. The molecule has 0 radical (unpaired) electrons. The van der Waals surface area contributed by atoms with Gasteiger partial charge in [0.25, 0.3) is 0 Å². The molecular weight excluding hydrogens is 486 g/mol. The Morgan fingerprint density at radius 3 is 2.73 bits per heavy atom. The van der Waals surface area contributed by atoms with Crippen molar-refractivity contribution < 1.29 is 53.4 Å². The third kappa shape index (κ3) is 3.09. The standard InChI is InChI=1S/C26H31NO10/c28-13-5-6-26(34)15-9-12-3-4-14(35-24-19(31)17(29)18(30)21(37-24)23(32)33)20-16(12)25(26,22(13)36-20)7-8-27(15)10-11-1-2-11/h3-4,11,15,17-19,21-22,24,29-31,34H,1-2,5-10H2,(H,32,33)/t15-,17+,18+,19+,21?,22+,24-,25+,26-/m1/s1/i10D2,11D. The van der Waals surface area contributed by atoms with E-state index in [1.165, 1.54) is 6.07 Å². The van der Waals surface area contributed by atoms with E-state index in [1.54, 1.807) is 11.0 Å². The van der Waals surface area contributed by atoms with E-state index in [-0.39, 0.29) is 49.5 Å². The lowest BCUT2D eigenvalue weighted by molar-refractivity contribution is -0.271. The van der Waals surface area contributed by atoms with Gasteiger partial charge in [-0.2, -0.15) is 0 Å². The number of piperidine rings is 1. The van der Waals surface area contributed by atoms with E-state index in [1.807, 2.05) is 0 Å². The number of hydrogen-bond donors (Lipinski definition) is 5. The van der Waals surface area contributed by atoms with Crippen LogP contribution in [-0.2, 0) is 26.2 Å². The number of carboxylic acids is 1. The summed E-state index contributed by atoms with van der Waals surface area (Å²) < 4.78 is 43.7. The van der Waals surface area contributed by atoms with Crippen LogP contribution in [0.25, 0.3) is 0 Å². The average Bonchev–Trinajstić information content (AvgIpc) is 3.56. The number of Topliss-reactive ketones (excluding diaryl/α,β-unsaturated/α-hetero) is 1. The van der Waals surface area contributed by atoms with Gasteiger partial charge in [-0.05, 0) is 56.2 Å². The summed E-state index contributed by atoms with van der Waals surface area (Å²) in [6.07, 6.45) is -8.75. The summed E-state index contributed by atoms with van der Waals surface area (Å²) in [7, 11) is 0. The molecule has 9 atom stereocenters. The van der Waals surface area contributed by atoms with E-state index in [0.717, 1.165) is 5.56 Å². The van der Waals surface area contributed by atoms with E-state index in [0.29, 0.717) is 18.4 Å². The van der Waals surface area contributed by atoms with E-state index in [2.05, 4.69) is 0 Å². The SMILES string of the molecule is [2H]C1(C([2H])([2H])N2CC[C@]34c5c6ccc(O[C@@H]7OC(C(=O)O)[C@@H](O)[C@H](O)[C@@H]7O)c5O[C@H]3C(=O)CC[C@@]4(O)[C@H]2C6)CC1. The molecule has 1 aromatic carbocycles. The molecule has 3 heterocycles. The average molecular weight is 521 g/mol. The molecule has 0 amide bonds. The molecule has 3 aliphatic heterocycles. The smallest absolute Gasteiger partial charge is 0.335 e. The maximum absolute atomic E-state index is 13.3. The first-order valence-corrected chi connectivity index (χ1v) is 12.7. The van der Waals surface area contributed by atoms with Crippen LogP contribution in [0.15, 0.2) is 12.1 Å². The fraction of sp³-hybridized carbons (Fsp3) is 0.692. The minimum Gasteiger partial charge on any atom is -0.479 e. The molecule has 6 aliphatic rings. The number of aliphatic hydroxyl groups excluding tert-OH is 3. The predicted octanol–water partition coefficient (Wildman–Crippen LogP) is -0.909. The topological polar surface area (TPSA) is 166 Å². The van der Waals surface area contributed by atoms with Crippen LogP contribution in [0.1, 0.15) is 47.3 Å². The number of ether oxygens (including phenoxy) is 3. The molecule has 200 valence electrons. The van der Waals surface area contributed by atoms with Crippen LogP contribution in [-0.4, -0.2) is 104 Å². The Hall–Kier alpha value is -2.28. The summed E-state index contributed by atoms with van der Waals surface area (Å²) in [5, 5.41) is 52.5. The zero-order valence-corrected chi connectivity index (χ0v) is 19.9. The Labute approximate surface area is 216 Å². The molecule has 4 fully saturated rings. The number of benzene rings is 1. The van der Waals surface area contributed by atoms with Crippen LogP contribution in [0.2, 0.25) is 0 Å². The minimum atomic E-state index is -1.98. The molecule has 2 saturated heterocycles. The molecule has 37 heavy (non-hydrogen) atoms. The molecule has 3 aliphatic carbocycles. The monoisotopic (exact) mass is 520 g/mol. The lowest BCUT2D eigenvalue weighted by Crippen LogP contribution is -2.76. The number of nitrogens with zero attached hydrogens (tertiary/aromatic N) is 1. The van der Waals surface area contributed by atoms with Gasteiger partial charge in [0.1, 0.15) is 18.3 Å². The summed E-state index contributed by atoms with van der Waals surface area (Å²) in [5.41, 5.74) is -1.43. The number of aliphatic hydroxyl groups is 4. The fourth-order valence-electron chi connectivity index (χ4n) is 7.19. The van der Waals surface area contributed by atoms with Gasteiger partial charge in [-0.15, -0.1) is 0 Å². The van der Waals surface area contributed by atoms with Gasteiger partial charge in [0.15, 0.2) is 29.5 Å². The van der Waals surface area contributed by atoms with Crippen LogP contribution in [0.3, 0.4) is 0 Å². The number of rotatable bonds is 5. The van der Waals surface area contributed by atoms with Crippen molar-refractivity contribution >= 4 is 11.8 Å². The normalized spacial score (nSPS) is 46.6. The molecule has 2 saturated carbocycles. The van der Waals surface area contributed by atoms with Crippen molar-refractivity contribution in [3.05, 3.63) is 23.3 Å². The molecule has 5 N–H and O–H groups in total. The van der Waals surface area contributed by atoms with Gasteiger partial charge in [-0.1, -0.05) is 6.07 Å². The highest BCUT2D eigenvalue weighted by Gasteiger charge is 2.73. The summed E-state index contributed by atoms with van der Waals surface area (Å²) in [5.74, 6) is -2.87. The molecule has 1 spiro atoms. The predicted molar refractivity (Wildman–Crippen MR) is 123 cm³/mol. The fourth-order valence-corrected chi connectivity index (χ4v) is 7.19. The molecular formula is C26H31NO10. The highest BCUT2D eigenvalue weighted by molar-refractivity contribution is 5.90. The van der Waals surface area contributed by atoms with Crippen molar-refractivity contribution in [2.45, 2.75) is 92.4 Å². The molecule has 0 aromatic heterocycles. The van der Waals surface area contributed by atoms with Gasteiger partial charge in [-0.3, -0.25) is 9.69 Å². The van der Waals surface area contributed by atoms with Gasteiger partial charge in [0, 0.05) is 28.6 Å². The lowest BCUT2D eigenvalue weighted by Gasteiger charge is -2.62. The Bertz CT molecular complexity index is 1310. The van der Waals surface area contributed by atoms with Crippen molar-refractivity contribution in [3.63, 3.8) is 0 Å². The zero-order chi connectivity index (χ0) is 28.6. The Morgan fingerprint density at radius 1 is 1.22 bits per heavy atom. The quantitative estimate of drug-likeness (QED) is 0.326. The first kappa shape index (κ1) is 20.7. The minimum absolute atomic E-state index is 0.00811. The summed E-state index contributed by atoms with van der Waals surface area (Å²) in [6, 6.07) is 2.51. The van der Waals surface area contributed by atoms with Crippen molar-refractivity contribution in [3.8, 4) is 11.5 Å². The Balaban J connectivity index is 1.30. The number of carbonyl (C=O) groups is 2. The molecule has 7 rings (SSSR count). The molecule has 1 unspecified atom stereocenters. The van der Waals surface area contributed by atoms with Gasteiger partial charge in [0.05, 0.1) is 11.0 Å². The third-order valence-corrected chi connectivity index (χ3v) is 9.10. The first-order valence-electron chi connectivity index (χ1n) is 14.2. The number of carbonyl (C=O) groups excluding carboxylic acids is 1. The number of aliphatic carboxylic acids is 1. The largest absolute Gasteiger partial charge is 0.479 e. The van der Waals surface area contributed by atoms with Gasteiger partial charge < -0.3 is 39.7 Å². The van der Waals surface area contributed by atoms with Crippen LogP contribution in [0.4, 0.5) is 0 Å². The maximum atomic E-state index is 13.3. The van der Waals surface area contributed by atoms with E-state index in [4.69, 9.17) is 18.3 Å². The second-order valence-corrected chi connectivity index (χ2v) is 11.0. The van der Waals surface area contributed by atoms with Gasteiger partial charge in [-0.25, -0.2) is 4.79 Å². The number of hydrogen-bond acceptors (Lipinski definition) is 10. The molecule has 11 heteroatoms. The second kappa shape index (κ2) is 7.87. The van der Waals surface area contributed by atoms with Crippen molar-refractivity contribution in [1.82, 2.24) is 4.90 Å². The molecule has 2 bridgehead atoms. The first-order chi connectivity index (χ1) is 18.8. The zero-order valence-electron chi connectivity index (χ0n) is 22.9. The van der Waals surface area contributed by atoms with Gasteiger partial charge in [0.2, 0.25) is 6.29 Å². The molecule has 1 aromatic rings. The van der Waals surface area contributed by atoms with Crippen LogP contribution >= 0.6 is 0 Å². The highest BCUT2D eigenvalue weighted by Crippen LogP contribution is 2.65. The van der Waals surface area contributed by atoms with E-state index in [9.17, 15) is 35.1 Å². The van der Waals surface area contributed by atoms with Crippen LogP contribution < -0.4 is 9.47 Å². The van der Waals surface area contributed by atoms with E-state index >= 15 is 0 Å². The summed E-state index contributed by atoms with van der Waals surface area (Å²) in [4.78, 5) is 26.4. The summed E-state index contributed by atoms with van der Waals surface area (Å²) in [6.45, 7) is -1.78. The second-order valence-electron chi connectivity index (χ2n) is 11.0. The maximum Gasteiger partial charge on any atom is 0.335 e. The van der Waals surface area contributed by atoms with Crippen molar-refractivity contribution in [1.29, 1.82) is 0 Å². The van der Waals surface area contributed by atoms with Gasteiger partial charge >= 0.3 is 5.97 Å². The third-order valence-electron chi connectivity index (χ3n) is 9.10.